The Morgan fingerprint density at radius 2 is 0.625 bits per heavy atom. The minimum Gasteiger partial charge on any atom is -0.462 e. The van der Waals surface area contributed by atoms with Crippen molar-refractivity contribution >= 4 is 39.5 Å². The summed E-state index contributed by atoms with van der Waals surface area (Å²) in [5.41, 5.74) is 0. The van der Waals surface area contributed by atoms with Gasteiger partial charge in [-0.3, -0.25) is 37.3 Å². The topological polar surface area (TPSA) is 237 Å². The SMILES string of the molecule is CCCCCCCCCCCC(=O)O[C@H](COC(=O)CCCCCC)COP(=O)(O)OC[C@H](O)COP(=O)(O)OC[C@@H](COC(=O)CCCCC)OC(=O)CCCCCCCCCC. The Labute approximate surface area is 384 Å². The molecule has 0 aromatic carbocycles. The minimum atomic E-state index is -4.91. The summed E-state index contributed by atoms with van der Waals surface area (Å²) in [6.45, 7) is 4.39. The van der Waals surface area contributed by atoms with Crippen molar-refractivity contribution in [2.75, 3.05) is 39.6 Å². The predicted molar refractivity (Wildman–Crippen MR) is 243 cm³/mol. The first-order valence-electron chi connectivity index (χ1n) is 24.3. The summed E-state index contributed by atoms with van der Waals surface area (Å²) in [7, 11) is -9.81. The normalized spacial score (nSPS) is 14.8. The van der Waals surface area contributed by atoms with Crippen LogP contribution in [0.25, 0.3) is 0 Å². The van der Waals surface area contributed by atoms with Crippen molar-refractivity contribution in [3.8, 4) is 0 Å². The van der Waals surface area contributed by atoms with Gasteiger partial charge in [0, 0.05) is 25.7 Å². The molecule has 0 aliphatic carbocycles. The number of carbonyl (C=O) groups is 4. The standard InChI is InChI=1S/C45H86O17P2/c1-5-9-13-16-18-20-22-24-28-32-45(50)62-41(36-56-43(48)30-26-15-11-7-3)38-60-64(53,54)58-34-39(46)33-57-63(51,52)59-37-40(35-55-42(47)29-25-12-8-4)61-44(49)31-27-23-21-19-17-14-10-6-2/h39-41,46H,5-38H2,1-4H3,(H,51,52)(H,53,54)/t39-,40-,41-/m1/s1. The fourth-order valence-electron chi connectivity index (χ4n) is 6.27. The third kappa shape index (κ3) is 40.3. The first-order chi connectivity index (χ1) is 30.7. The van der Waals surface area contributed by atoms with Gasteiger partial charge in [-0.25, -0.2) is 9.13 Å². The van der Waals surface area contributed by atoms with E-state index in [9.17, 15) is 43.2 Å². The van der Waals surface area contributed by atoms with Gasteiger partial charge < -0.3 is 33.8 Å². The van der Waals surface area contributed by atoms with Crippen molar-refractivity contribution in [2.45, 2.75) is 226 Å². The van der Waals surface area contributed by atoms with Gasteiger partial charge in [-0.05, 0) is 25.7 Å². The second-order valence-corrected chi connectivity index (χ2v) is 19.3. The maximum atomic E-state index is 12.7. The van der Waals surface area contributed by atoms with Crippen LogP contribution in [-0.2, 0) is 65.4 Å². The van der Waals surface area contributed by atoms with Gasteiger partial charge in [-0.2, -0.15) is 0 Å². The third-order valence-electron chi connectivity index (χ3n) is 10.1. The number of rotatable bonds is 46. The Kier molecular flexibility index (Phi) is 40.0. The first-order valence-corrected chi connectivity index (χ1v) is 27.3. The molecular formula is C45H86O17P2. The van der Waals surface area contributed by atoms with Crippen molar-refractivity contribution in [2.24, 2.45) is 0 Å². The average Bonchev–Trinajstić information content (AvgIpc) is 3.26. The van der Waals surface area contributed by atoms with Crippen molar-refractivity contribution < 1.29 is 80.2 Å². The molecule has 2 unspecified atom stereocenters. The molecule has 0 spiro atoms. The number of phosphoric ester groups is 2. The van der Waals surface area contributed by atoms with E-state index in [0.717, 1.165) is 89.9 Å². The zero-order valence-corrected chi connectivity index (χ0v) is 41.5. The number of carbonyl (C=O) groups excluding carboxylic acids is 4. The number of aliphatic hydroxyl groups excluding tert-OH is 1. The summed E-state index contributed by atoms with van der Waals surface area (Å²) >= 11 is 0. The molecule has 64 heavy (non-hydrogen) atoms. The lowest BCUT2D eigenvalue weighted by molar-refractivity contribution is -0.161. The van der Waals surface area contributed by atoms with E-state index in [-0.39, 0.29) is 25.7 Å². The molecule has 0 heterocycles. The number of hydrogen-bond acceptors (Lipinski definition) is 15. The molecule has 19 heteroatoms. The highest BCUT2D eigenvalue weighted by Gasteiger charge is 2.30. The van der Waals surface area contributed by atoms with Crippen LogP contribution >= 0.6 is 15.6 Å². The Balaban J connectivity index is 5.08. The predicted octanol–water partition coefficient (Wildman–Crippen LogP) is 10.5. The van der Waals surface area contributed by atoms with Gasteiger partial charge in [0.2, 0.25) is 0 Å². The number of phosphoric acid groups is 2. The summed E-state index contributed by atoms with van der Waals surface area (Å²) in [6.07, 6.45) is 19.8. The summed E-state index contributed by atoms with van der Waals surface area (Å²) in [6, 6.07) is 0. The van der Waals surface area contributed by atoms with Gasteiger partial charge in [0.05, 0.1) is 26.4 Å². The van der Waals surface area contributed by atoms with Crippen LogP contribution in [0.1, 0.15) is 207 Å². The lowest BCUT2D eigenvalue weighted by Crippen LogP contribution is -2.30. The fourth-order valence-corrected chi connectivity index (χ4v) is 7.85. The van der Waals surface area contributed by atoms with Gasteiger partial charge in [-0.15, -0.1) is 0 Å². The number of unbranched alkanes of at least 4 members (excludes halogenated alkanes) is 20. The summed E-state index contributed by atoms with van der Waals surface area (Å²) in [5.74, 6) is -2.21. The molecule has 0 aliphatic heterocycles. The third-order valence-corrected chi connectivity index (χ3v) is 12.0. The zero-order chi connectivity index (χ0) is 47.7. The largest absolute Gasteiger partial charge is 0.472 e. The van der Waals surface area contributed by atoms with E-state index in [4.69, 9.17) is 37.0 Å². The van der Waals surface area contributed by atoms with Gasteiger partial charge in [0.1, 0.15) is 19.3 Å². The second-order valence-electron chi connectivity index (χ2n) is 16.4. The summed E-state index contributed by atoms with van der Waals surface area (Å²) < 4.78 is 66.4. The molecule has 0 aromatic heterocycles. The molecule has 17 nitrogen and oxygen atoms in total. The Morgan fingerprint density at radius 3 is 0.969 bits per heavy atom. The number of aliphatic hydroxyl groups is 1. The average molecular weight is 961 g/mol. The molecule has 0 fully saturated rings. The molecule has 3 N–H and O–H groups in total. The molecule has 0 rings (SSSR count). The van der Waals surface area contributed by atoms with E-state index in [1.54, 1.807) is 0 Å². The second kappa shape index (κ2) is 41.3. The molecule has 0 saturated heterocycles. The van der Waals surface area contributed by atoms with E-state index < -0.39 is 97.5 Å². The van der Waals surface area contributed by atoms with E-state index in [0.29, 0.717) is 25.7 Å². The quantitative estimate of drug-likeness (QED) is 0.0222. The van der Waals surface area contributed by atoms with Gasteiger partial charge in [0.15, 0.2) is 12.2 Å². The molecule has 5 atom stereocenters. The van der Waals surface area contributed by atoms with Gasteiger partial charge >= 0.3 is 39.5 Å². The molecule has 0 bridgehead atoms. The van der Waals surface area contributed by atoms with Crippen LogP contribution in [-0.4, -0.2) is 96.7 Å². The Morgan fingerprint density at radius 1 is 0.375 bits per heavy atom. The highest BCUT2D eigenvalue weighted by atomic mass is 31.2. The van der Waals surface area contributed by atoms with Crippen molar-refractivity contribution in [1.82, 2.24) is 0 Å². The zero-order valence-electron chi connectivity index (χ0n) is 39.7. The molecule has 0 saturated carbocycles. The number of ether oxygens (including phenoxy) is 4. The van der Waals surface area contributed by atoms with E-state index in [1.807, 2.05) is 13.8 Å². The fraction of sp³-hybridized carbons (Fsp3) is 0.911. The lowest BCUT2D eigenvalue weighted by atomic mass is 10.1. The number of esters is 4. The van der Waals surface area contributed by atoms with Gasteiger partial charge in [-0.1, -0.05) is 156 Å². The Bertz CT molecular complexity index is 1290. The van der Waals surface area contributed by atoms with Crippen LogP contribution in [0.15, 0.2) is 0 Å². The maximum Gasteiger partial charge on any atom is 0.472 e. The molecule has 0 amide bonds. The monoisotopic (exact) mass is 961 g/mol. The van der Waals surface area contributed by atoms with Crippen LogP contribution in [0, 0.1) is 0 Å². The van der Waals surface area contributed by atoms with Crippen LogP contribution in [0.5, 0.6) is 0 Å². The Hall–Kier alpha value is -1.94. The lowest BCUT2D eigenvalue weighted by Gasteiger charge is -2.21. The summed E-state index contributed by atoms with van der Waals surface area (Å²) in [4.78, 5) is 70.3. The van der Waals surface area contributed by atoms with E-state index in [2.05, 4.69) is 13.8 Å². The van der Waals surface area contributed by atoms with Crippen LogP contribution < -0.4 is 0 Å². The molecular weight excluding hydrogens is 874 g/mol. The summed E-state index contributed by atoms with van der Waals surface area (Å²) in [5, 5.41) is 10.3. The van der Waals surface area contributed by atoms with Gasteiger partial charge in [0.25, 0.3) is 0 Å². The van der Waals surface area contributed by atoms with E-state index in [1.165, 1.54) is 38.5 Å². The van der Waals surface area contributed by atoms with Crippen LogP contribution in [0.3, 0.4) is 0 Å². The van der Waals surface area contributed by atoms with Crippen molar-refractivity contribution in [3.05, 3.63) is 0 Å². The highest BCUT2D eigenvalue weighted by molar-refractivity contribution is 7.47. The van der Waals surface area contributed by atoms with Crippen LogP contribution in [0.4, 0.5) is 0 Å². The van der Waals surface area contributed by atoms with Crippen molar-refractivity contribution in [1.29, 1.82) is 0 Å². The number of hydrogen-bond donors (Lipinski definition) is 3. The molecule has 0 radical (unpaired) electrons. The molecule has 0 aromatic rings. The smallest absolute Gasteiger partial charge is 0.462 e. The maximum absolute atomic E-state index is 12.7. The van der Waals surface area contributed by atoms with E-state index >= 15 is 0 Å². The minimum absolute atomic E-state index is 0.103. The van der Waals surface area contributed by atoms with Crippen LogP contribution in [0.2, 0.25) is 0 Å². The molecule has 378 valence electrons. The highest BCUT2D eigenvalue weighted by Crippen LogP contribution is 2.45. The first kappa shape index (κ1) is 62.1. The molecule has 0 aliphatic rings. The van der Waals surface area contributed by atoms with Crippen molar-refractivity contribution in [3.63, 3.8) is 0 Å².